The highest BCUT2D eigenvalue weighted by Gasteiger charge is 2.36. The summed E-state index contributed by atoms with van der Waals surface area (Å²) in [7, 11) is -4.23. The molecular weight excluding hydrogens is 441 g/mol. The van der Waals surface area contributed by atoms with Gasteiger partial charge >= 0.3 is 6.03 Å². The number of benzene rings is 1. The molecule has 3 rings (SSSR count). The van der Waals surface area contributed by atoms with Crippen molar-refractivity contribution in [1.29, 1.82) is 0 Å². The smallest absolute Gasteiger partial charge is 0.333 e. The summed E-state index contributed by atoms with van der Waals surface area (Å²) in [4.78, 5) is 17.0. The maximum absolute atomic E-state index is 14.1. The van der Waals surface area contributed by atoms with Gasteiger partial charge in [0.15, 0.2) is 0 Å². The summed E-state index contributed by atoms with van der Waals surface area (Å²) in [6.07, 6.45) is 4.21. The Morgan fingerprint density at radius 1 is 1.16 bits per heavy atom. The molecule has 1 fully saturated rings. The molecule has 0 aliphatic heterocycles. The van der Waals surface area contributed by atoms with Gasteiger partial charge in [-0.2, -0.15) is 8.42 Å². The Hall–Kier alpha value is -2.04. The summed E-state index contributed by atoms with van der Waals surface area (Å²) in [5.74, 6) is -0.589. The highest BCUT2D eigenvalue weighted by molar-refractivity contribution is 7.92. The number of nitrogens with zero attached hydrogens (tertiary/aromatic N) is 1. The van der Waals surface area contributed by atoms with Crippen molar-refractivity contribution >= 4 is 33.1 Å². The number of urea groups is 1. The summed E-state index contributed by atoms with van der Waals surface area (Å²) >= 11 is 0.861. The highest BCUT2D eigenvalue weighted by atomic mass is 32.2. The topological polar surface area (TPSA) is 108 Å². The average molecular weight is 470 g/mol. The van der Waals surface area contributed by atoms with Gasteiger partial charge in [-0.1, -0.05) is 40.5 Å². The van der Waals surface area contributed by atoms with Gasteiger partial charge in [0.05, 0.1) is 4.88 Å². The predicted molar refractivity (Wildman–Crippen MR) is 118 cm³/mol. The van der Waals surface area contributed by atoms with E-state index in [4.69, 9.17) is 0 Å². The van der Waals surface area contributed by atoms with Crippen LogP contribution in [-0.4, -0.2) is 24.5 Å². The number of hydrogen-bond acceptors (Lipinski definition) is 6. The number of thiazole rings is 1. The predicted octanol–water partition coefficient (Wildman–Crippen LogP) is 4.80. The molecule has 2 amide bonds. The highest BCUT2D eigenvalue weighted by Crippen LogP contribution is 2.41. The van der Waals surface area contributed by atoms with Crippen LogP contribution in [0.3, 0.4) is 0 Å². The molecule has 0 saturated heterocycles. The number of sulfonamides is 1. The van der Waals surface area contributed by atoms with Crippen LogP contribution in [0.25, 0.3) is 0 Å². The second-order valence-corrected chi connectivity index (χ2v) is 11.4. The van der Waals surface area contributed by atoms with E-state index in [2.05, 4.69) is 10.3 Å². The Balaban J connectivity index is 1.83. The number of amides is 2. The fraction of sp³-hybridized carbons (Fsp3) is 0.524. The molecule has 170 valence electrons. The normalized spacial score (nSPS) is 16.1. The Morgan fingerprint density at radius 2 is 1.71 bits per heavy atom. The largest absolute Gasteiger partial charge is 0.384 e. The van der Waals surface area contributed by atoms with E-state index in [9.17, 15) is 22.7 Å². The molecule has 1 heterocycles. The molecule has 0 radical (unpaired) electrons. The minimum absolute atomic E-state index is 0.0891. The van der Waals surface area contributed by atoms with Gasteiger partial charge in [-0.3, -0.25) is 0 Å². The Bertz CT molecular complexity index is 1050. The van der Waals surface area contributed by atoms with E-state index in [0.29, 0.717) is 34.5 Å². The molecule has 0 unspecified atom stereocenters. The number of halogens is 1. The first-order valence-electron chi connectivity index (χ1n) is 10.3. The van der Waals surface area contributed by atoms with Crippen LogP contribution in [-0.2, 0) is 15.6 Å². The molecule has 1 aromatic carbocycles. The summed E-state index contributed by atoms with van der Waals surface area (Å²) in [5, 5.41) is 13.2. The monoisotopic (exact) mass is 469 g/mol. The summed E-state index contributed by atoms with van der Waals surface area (Å²) < 4.78 is 41.1. The van der Waals surface area contributed by atoms with E-state index in [1.165, 1.54) is 18.3 Å². The van der Waals surface area contributed by atoms with Crippen molar-refractivity contribution in [3.05, 3.63) is 40.2 Å². The molecule has 0 spiro atoms. The van der Waals surface area contributed by atoms with Gasteiger partial charge in [-0.25, -0.2) is 18.9 Å². The lowest BCUT2D eigenvalue weighted by Crippen LogP contribution is -2.35. The molecule has 1 aliphatic rings. The Labute approximate surface area is 186 Å². The third kappa shape index (κ3) is 5.07. The van der Waals surface area contributed by atoms with Crippen molar-refractivity contribution < 1.29 is 22.7 Å². The molecule has 31 heavy (non-hydrogen) atoms. The molecule has 1 aliphatic carbocycles. The number of carbonyl (C=O) groups excluding carboxylic acids is 1. The zero-order valence-electron chi connectivity index (χ0n) is 18.0. The third-order valence-corrected chi connectivity index (χ3v) is 8.39. The first-order chi connectivity index (χ1) is 14.4. The lowest BCUT2D eigenvalue weighted by atomic mass is 9.92. The van der Waals surface area contributed by atoms with Gasteiger partial charge in [0.25, 0.3) is 10.0 Å². The van der Waals surface area contributed by atoms with Crippen molar-refractivity contribution in [3.63, 3.8) is 0 Å². The molecule has 2 aromatic rings. The van der Waals surface area contributed by atoms with Gasteiger partial charge < -0.3 is 10.4 Å². The third-order valence-electron chi connectivity index (χ3n) is 5.48. The van der Waals surface area contributed by atoms with Crippen LogP contribution in [0.4, 0.5) is 14.9 Å². The fourth-order valence-corrected chi connectivity index (χ4v) is 6.01. The van der Waals surface area contributed by atoms with Gasteiger partial charge in [-0.05, 0) is 47.9 Å². The molecule has 10 heteroatoms. The molecule has 3 N–H and O–H groups in total. The van der Waals surface area contributed by atoms with Crippen LogP contribution in [0, 0.1) is 5.82 Å². The van der Waals surface area contributed by atoms with Crippen molar-refractivity contribution in [2.45, 2.75) is 75.2 Å². The Kier molecular flexibility index (Phi) is 6.73. The summed E-state index contributed by atoms with van der Waals surface area (Å²) in [6, 6.07) is 1.73. The molecule has 1 saturated carbocycles. The van der Waals surface area contributed by atoms with E-state index < -0.39 is 27.5 Å². The zero-order valence-corrected chi connectivity index (χ0v) is 19.7. The number of aromatic nitrogens is 1. The van der Waals surface area contributed by atoms with Crippen LogP contribution >= 0.6 is 11.3 Å². The standard InChI is InChI=1S/C21H28FN3O4S2/c1-12(2)15-9-14(22)10-16(13(3)4)18(15)24-19(26)25-31(28,29)20-23-11-17(30-20)21(27)7-5-6-8-21/h9-13,27H,5-8H2,1-4H3,(H2,24,25,26). The molecule has 0 atom stereocenters. The van der Waals surface area contributed by atoms with E-state index in [0.717, 1.165) is 24.2 Å². The van der Waals surface area contributed by atoms with Crippen LogP contribution < -0.4 is 10.0 Å². The lowest BCUT2D eigenvalue weighted by molar-refractivity contribution is 0.0481. The maximum atomic E-state index is 14.1. The zero-order chi connectivity index (χ0) is 23.0. The van der Waals surface area contributed by atoms with E-state index in [-0.39, 0.29) is 16.2 Å². The van der Waals surface area contributed by atoms with Crippen LogP contribution in [0.2, 0.25) is 0 Å². The maximum Gasteiger partial charge on any atom is 0.333 e. The minimum atomic E-state index is -4.23. The minimum Gasteiger partial charge on any atom is -0.384 e. The number of anilines is 1. The second kappa shape index (κ2) is 8.84. The van der Waals surface area contributed by atoms with E-state index in [1.54, 1.807) is 0 Å². The lowest BCUT2D eigenvalue weighted by Gasteiger charge is -2.20. The number of hydrogen-bond donors (Lipinski definition) is 3. The fourth-order valence-electron chi connectivity index (χ4n) is 3.81. The van der Waals surface area contributed by atoms with Crippen molar-refractivity contribution in [1.82, 2.24) is 9.71 Å². The second-order valence-electron chi connectivity index (χ2n) is 8.56. The number of rotatable bonds is 6. The van der Waals surface area contributed by atoms with Crippen molar-refractivity contribution in [2.75, 3.05) is 5.32 Å². The van der Waals surface area contributed by atoms with Gasteiger partial charge in [-0.15, -0.1) is 11.3 Å². The van der Waals surface area contributed by atoms with Crippen molar-refractivity contribution in [2.24, 2.45) is 0 Å². The summed E-state index contributed by atoms with van der Waals surface area (Å²) in [6.45, 7) is 7.46. The van der Waals surface area contributed by atoms with Crippen LogP contribution in [0.5, 0.6) is 0 Å². The average Bonchev–Trinajstić information content (AvgIpc) is 3.32. The van der Waals surface area contributed by atoms with Gasteiger partial charge in [0.2, 0.25) is 4.34 Å². The number of nitrogens with one attached hydrogen (secondary N) is 2. The molecular formula is C21H28FN3O4S2. The molecule has 7 nitrogen and oxygen atoms in total. The Morgan fingerprint density at radius 3 is 2.23 bits per heavy atom. The molecule has 1 aromatic heterocycles. The molecule has 0 bridgehead atoms. The van der Waals surface area contributed by atoms with E-state index in [1.807, 2.05) is 32.4 Å². The van der Waals surface area contributed by atoms with Gasteiger partial charge in [0, 0.05) is 11.9 Å². The first-order valence-corrected chi connectivity index (χ1v) is 12.6. The quantitative estimate of drug-likeness (QED) is 0.563. The number of carbonyl (C=O) groups is 1. The van der Waals surface area contributed by atoms with Crippen molar-refractivity contribution in [3.8, 4) is 0 Å². The van der Waals surface area contributed by atoms with Gasteiger partial charge in [0.1, 0.15) is 11.4 Å². The SMILES string of the molecule is CC(C)c1cc(F)cc(C(C)C)c1NC(=O)NS(=O)(=O)c1ncc(C2(O)CCCC2)s1. The summed E-state index contributed by atoms with van der Waals surface area (Å²) in [5.41, 5.74) is 0.506. The first kappa shape index (κ1) is 23.6. The van der Waals surface area contributed by atoms with E-state index >= 15 is 0 Å². The number of aliphatic hydroxyl groups is 1. The van der Waals surface area contributed by atoms with Crippen LogP contribution in [0.1, 0.15) is 81.2 Å². The van der Waals surface area contributed by atoms with Crippen LogP contribution in [0.15, 0.2) is 22.7 Å².